The molecule has 0 bridgehead atoms. The molecular weight excluding hydrogens is 180 g/mol. The van der Waals surface area contributed by atoms with Crippen LogP contribution in [0.2, 0.25) is 0 Å². The lowest BCUT2D eigenvalue weighted by atomic mass is 9.97. The maximum absolute atomic E-state index is 11.4. The molecule has 0 aliphatic heterocycles. The van der Waals surface area contributed by atoms with Crippen molar-refractivity contribution in [2.45, 2.75) is 46.5 Å². The minimum Gasteiger partial charge on any atom is -0.465 e. The van der Waals surface area contributed by atoms with Crippen molar-refractivity contribution in [2.24, 2.45) is 5.92 Å². The Bertz CT molecular complexity index is 187. The fourth-order valence-electron chi connectivity index (χ4n) is 1.25. The first kappa shape index (κ1) is 13.1. The van der Waals surface area contributed by atoms with Gasteiger partial charge in [-0.05, 0) is 12.8 Å². The van der Waals surface area contributed by atoms with Crippen molar-refractivity contribution in [3.8, 4) is 0 Å². The van der Waals surface area contributed by atoms with E-state index in [9.17, 15) is 9.59 Å². The Balaban J connectivity index is 4.18. The summed E-state index contributed by atoms with van der Waals surface area (Å²) in [6, 6.07) is 0. The predicted molar refractivity (Wildman–Crippen MR) is 54.9 cm³/mol. The third kappa shape index (κ3) is 4.40. The van der Waals surface area contributed by atoms with E-state index in [1.54, 1.807) is 6.92 Å². The minimum atomic E-state index is -0.531. The maximum atomic E-state index is 11.4. The summed E-state index contributed by atoms with van der Waals surface area (Å²) in [7, 11) is 0. The molecule has 0 rings (SSSR count). The number of ketones is 1. The molecule has 14 heavy (non-hydrogen) atoms. The van der Waals surface area contributed by atoms with Crippen LogP contribution in [0, 0.1) is 5.92 Å². The summed E-state index contributed by atoms with van der Waals surface area (Å²) in [6.45, 7) is 6.08. The number of hydrogen-bond acceptors (Lipinski definition) is 3. The molecule has 0 spiro atoms. The van der Waals surface area contributed by atoms with Gasteiger partial charge in [-0.1, -0.05) is 27.2 Å². The Morgan fingerprint density at radius 3 is 2.21 bits per heavy atom. The van der Waals surface area contributed by atoms with Gasteiger partial charge in [0.15, 0.2) is 0 Å². The Labute approximate surface area is 85.8 Å². The van der Waals surface area contributed by atoms with Crippen LogP contribution in [0.1, 0.15) is 46.5 Å². The molecule has 0 amide bonds. The SMILES string of the molecule is CCCOC(=O)C(CCC)C(=O)CC. The molecule has 0 N–H and O–H groups in total. The maximum Gasteiger partial charge on any atom is 0.316 e. The van der Waals surface area contributed by atoms with Gasteiger partial charge in [0.2, 0.25) is 0 Å². The lowest BCUT2D eigenvalue weighted by molar-refractivity contribution is -0.152. The van der Waals surface area contributed by atoms with Crippen molar-refractivity contribution in [1.82, 2.24) is 0 Å². The van der Waals surface area contributed by atoms with Crippen LogP contribution >= 0.6 is 0 Å². The van der Waals surface area contributed by atoms with Crippen LogP contribution in [0.3, 0.4) is 0 Å². The van der Waals surface area contributed by atoms with E-state index >= 15 is 0 Å². The van der Waals surface area contributed by atoms with E-state index in [2.05, 4.69) is 0 Å². The molecule has 3 heteroatoms. The van der Waals surface area contributed by atoms with E-state index in [0.717, 1.165) is 12.8 Å². The van der Waals surface area contributed by atoms with E-state index in [1.165, 1.54) is 0 Å². The fourth-order valence-corrected chi connectivity index (χ4v) is 1.25. The van der Waals surface area contributed by atoms with Crippen molar-refractivity contribution in [1.29, 1.82) is 0 Å². The number of Topliss-reactive ketones (excluding diaryl/α,β-unsaturated/α-hetero) is 1. The van der Waals surface area contributed by atoms with Crippen molar-refractivity contribution in [3.63, 3.8) is 0 Å². The molecule has 0 aliphatic carbocycles. The van der Waals surface area contributed by atoms with Gasteiger partial charge in [-0.3, -0.25) is 9.59 Å². The molecular formula is C11H20O3. The summed E-state index contributed by atoms with van der Waals surface area (Å²) >= 11 is 0. The first-order chi connectivity index (χ1) is 6.67. The zero-order valence-corrected chi connectivity index (χ0v) is 9.34. The number of ether oxygens (including phenoxy) is 1. The minimum absolute atomic E-state index is 0.00652. The normalized spacial score (nSPS) is 12.2. The molecule has 0 saturated heterocycles. The van der Waals surface area contributed by atoms with Crippen molar-refractivity contribution < 1.29 is 14.3 Å². The first-order valence-electron chi connectivity index (χ1n) is 5.36. The largest absolute Gasteiger partial charge is 0.465 e. The van der Waals surface area contributed by atoms with Gasteiger partial charge in [0.1, 0.15) is 11.7 Å². The summed E-state index contributed by atoms with van der Waals surface area (Å²) in [5.41, 5.74) is 0. The van der Waals surface area contributed by atoms with Crippen LogP contribution in [0.25, 0.3) is 0 Å². The molecule has 0 fully saturated rings. The number of hydrogen-bond donors (Lipinski definition) is 0. The molecule has 0 radical (unpaired) electrons. The van der Waals surface area contributed by atoms with Gasteiger partial charge >= 0.3 is 5.97 Å². The smallest absolute Gasteiger partial charge is 0.316 e. The molecule has 0 aromatic carbocycles. The second-order valence-electron chi connectivity index (χ2n) is 3.33. The summed E-state index contributed by atoms with van der Waals surface area (Å²) in [4.78, 5) is 22.9. The highest BCUT2D eigenvalue weighted by molar-refractivity contribution is 5.98. The average molecular weight is 200 g/mol. The fraction of sp³-hybridized carbons (Fsp3) is 0.818. The molecule has 0 saturated carbocycles. The molecule has 1 atom stereocenters. The number of esters is 1. The van der Waals surface area contributed by atoms with Crippen molar-refractivity contribution in [2.75, 3.05) is 6.61 Å². The van der Waals surface area contributed by atoms with Crippen LogP contribution < -0.4 is 0 Å². The van der Waals surface area contributed by atoms with Gasteiger partial charge in [-0.2, -0.15) is 0 Å². The Morgan fingerprint density at radius 2 is 1.79 bits per heavy atom. The van der Waals surface area contributed by atoms with E-state index in [0.29, 0.717) is 19.4 Å². The highest BCUT2D eigenvalue weighted by Gasteiger charge is 2.25. The van der Waals surface area contributed by atoms with Gasteiger partial charge in [0.25, 0.3) is 0 Å². The third-order valence-electron chi connectivity index (χ3n) is 2.05. The topological polar surface area (TPSA) is 43.4 Å². The Hall–Kier alpha value is -0.860. The summed E-state index contributed by atoms with van der Waals surface area (Å²) in [6.07, 6.45) is 2.64. The number of carbonyl (C=O) groups is 2. The van der Waals surface area contributed by atoms with Crippen LogP contribution in [-0.4, -0.2) is 18.4 Å². The zero-order chi connectivity index (χ0) is 11.0. The van der Waals surface area contributed by atoms with Gasteiger partial charge in [0.05, 0.1) is 6.61 Å². The Morgan fingerprint density at radius 1 is 1.14 bits per heavy atom. The van der Waals surface area contributed by atoms with E-state index in [-0.39, 0.29) is 11.8 Å². The first-order valence-corrected chi connectivity index (χ1v) is 5.36. The molecule has 1 unspecified atom stereocenters. The standard InChI is InChI=1S/C11H20O3/c1-4-7-9(10(12)6-3)11(13)14-8-5-2/h9H,4-8H2,1-3H3. The van der Waals surface area contributed by atoms with Gasteiger partial charge in [-0.25, -0.2) is 0 Å². The van der Waals surface area contributed by atoms with Crippen molar-refractivity contribution in [3.05, 3.63) is 0 Å². The van der Waals surface area contributed by atoms with Gasteiger partial charge < -0.3 is 4.74 Å². The molecule has 0 aliphatic rings. The Kier molecular flexibility index (Phi) is 7.07. The third-order valence-corrected chi connectivity index (χ3v) is 2.05. The zero-order valence-electron chi connectivity index (χ0n) is 9.34. The van der Waals surface area contributed by atoms with Crippen LogP contribution in [0.4, 0.5) is 0 Å². The van der Waals surface area contributed by atoms with Gasteiger partial charge in [-0.15, -0.1) is 0 Å². The summed E-state index contributed by atoms with van der Waals surface area (Å²) < 4.78 is 4.97. The predicted octanol–water partition coefficient (Wildman–Crippen LogP) is 2.33. The summed E-state index contributed by atoms with van der Waals surface area (Å²) in [5.74, 6) is -0.884. The monoisotopic (exact) mass is 200 g/mol. The molecule has 0 aromatic rings. The lowest BCUT2D eigenvalue weighted by Gasteiger charge is -2.12. The van der Waals surface area contributed by atoms with Gasteiger partial charge in [0, 0.05) is 6.42 Å². The second kappa shape index (κ2) is 7.54. The van der Waals surface area contributed by atoms with Crippen LogP contribution in [0.15, 0.2) is 0 Å². The highest BCUT2D eigenvalue weighted by Crippen LogP contribution is 2.12. The molecule has 0 aromatic heterocycles. The highest BCUT2D eigenvalue weighted by atomic mass is 16.5. The van der Waals surface area contributed by atoms with E-state index in [1.807, 2.05) is 13.8 Å². The van der Waals surface area contributed by atoms with Crippen LogP contribution in [0.5, 0.6) is 0 Å². The number of rotatable bonds is 7. The van der Waals surface area contributed by atoms with Crippen molar-refractivity contribution >= 4 is 11.8 Å². The summed E-state index contributed by atoms with van der Waals surface area (Å²) in [5, 5.41) is 0. The average Bonchev–Trinajstić information content (AvgIpc) is 2.21. The molecule has 82 valence electrons. The quantitative estimate of drug-likeness (QED) is 0.468. The number of carbonyl (C=O) groups excluding carboxylic acids is 2. The van der Waals surface area contributed by atoms with Crippen LogP contribution in [-0.2, 0) is 14.3 Å². The van der Waals surface area contributed by atoms with E-state index < -0.39 is 5.92 Å². The van der Waals surface area contributed by atoms with E-state index in [4.69, 9.17) is 4.74 Å². The lowest BCUT2D eigenvalue weighted by Crippen LogP contribution is -2.25. The molecule has 0 heterocycles. The second-order valence-corrected chi connectivity index (χ2v) is 3.33. The molecule has 3 nitrogen and oxygen atoms in total.